The Kier molecular flexibility index (Phi) is 5.55. The first-order valence-electron chi connectivity index (χ1n) is 8.72. The van der Waals surface area contributed by atoms with Crippen molar-refractivity contribution in [3.63, 3.8) is 0 Å². The lowest BCUT2D eigenvalue weighted by atomic mass is 10.1. The van der Waals surface area contributed by atoms with Crippen molar-refractivity contribution >= 4 is 46.2 Å². The lowest BCUT2D eigenvalue weighted by Crippen LogP contribution is -2.23. The van der Waals surface area contributed by atoms with E-state index in [1.54, 1.807) is 30.5 Å². The van der Waals surface area contributed by atoms with Gasteiger partial charge >= 0.3 is 0 Å². The number of carbonyl (C=O) groups excluding carboxylic acids is 2. The second kappa shape index (κ2) is 8.42. The first-order valence-corrected chi connectivity index (χ1v) is 9.94. The molecule has 0 saturated carbocycles. The number of hydrogen-bond donors (Lipinski definition) is 2. The Morgan fingerprint density at radius 3 is 2.69 bits per heavy atom. The van der Waals surface area contributed by atoms with Crippen LogP contribution < -0.4 is 10.6 Å². The Hall–Kier alpha value is -3.23. The van der Waals surface area contributed by atoms with Gasteiger partial charge in [0, 0.05) is 23.4 Å². The lowest BCUT2D eigenvalue weighted by molar-refractivity contribution is -0.115. The molecular formula is C21H15N3O3S2. The van der Waals surface area contributed by atoms with Crippen LogP contribution in [0.3, 0.4) is 0 Å². The van der Waals surface area contributed by atoms with Gasteiger partial charge in [0.15, 0.2) is 0 Å². The molecule has 0 atom stereocenters. The van der Waals surface area contributed by atoms with Gasteiger partial charge in [-0.3, -0.25) is 14.6 Å². The first-order chi connectivity index (χ1) is 14.1. The van der Waals surface area contributed by atoms with Gasteiger partial charge in [-0.2, -0.15) is 0 Å². The van der Waals surface area contributed by atoms with Crippen molar-refractivity contribution in [3.8, 4) is 11.3 Å². The number of nitrogens with zero attached hydrogens (tertiary/aromatic N) is 1. The van der Waals surface area contributed by atoms with E-state index < -0.39 is 0 Å². The molecule has 0 bridgehead atoms. The quantitative estimate of drug-likeness (QED) is 0.482. The SMILES string of the molecule is O=C1NC(=S)S/C1=C\c1ccc(-c2ccc(C(=O)NCc3ccccn3)cc2)o1. The Balaban J connectivity index is 1.42. The molecule has 2 N–H and O–H groups in total. The van der Waals surface area contributed by atoms with E-state index in [0.717, 1.165) is 11.3 Å². The molecule has 144 valence electrons. The van der Waals surface area contributed by atoms with Crippen LogP contribution >= 0.6 is 24.0 Å². The number of aromatic nitrogens is 1. The van der Waals surface area contributed by atoms with Gasteiger partial charge in [0.05, 0.1) is 17.1 Å². The molecule has 3 aromatic rings. The molecule has 1 aromatic carbocycles. The Bertz CT molecular complexity index is 1110. The monoisotopic (exact) mass is 421 g/mol. The molecular weight excluding hydrogens is 406 g/mol. The highest BCUT2D eigenvalue weighted by Gasteiger charge is 2.22. The molecule has 1 aliphatic rings. The third kappa shape index (κ3) is 4.61. The van der Waals surface area contributed by atoms with Gasteiger partial charge in [-0.15, -0.1) is 0 Å². The predicted molar refractivity (Wildman–Crippen MR) is 116 cm³/mol. The fraction of sp³-hybridized carbons (Fsp3) is 0.0476. The highest BCUT2D eigenvalue weighted by atomic mass is 32.2. The molecule has 0 radical (unpaired) electrons. The van der Waals surface area contributed by atoms with Gasteiger partial charge in [-0.05, 0) is 36.4 Å². The summed E-state index contributed by atoms with van der Waals surface area (Å²) >= 11 is 6.18. The minimum Gasteiger partial charge on any atom is -0.457 e. The fourth-order valence-corrected chi connectivity index (χ4v) is 3.72. The van der Waals surface area contributed by atoms with Crippen LogP contribution in [0.15, 0.2) is 70.1 Å². The molecule has 2 aromatic heterocycles. The number of carbonyl (C=O) groups is 2. The van der Waals surface area contributed by atoms with E-state index >= 15 is 0 Å². The second-order valence-electron chi connectivity index (χ2n) is 6.14. The number of thioether (sulfide) groups is 1. The lowest BCUT2D eigenvalue weighted by Gasteiger charge is -2.05. The van der Waals surface area contributed by atoms with E-state index in [0.29, 0.717) is 32.9 Å². The molecule has 6 nitrogen and oxygen atoms in total. The van der Waals surface area contributed by atoms with Crippen molar-refractivity contribution < 1.29 is 14.0 Å². The molecule has 8 heteroatoms. The third-order valence-electron chi connectivity index (χ3n) is 4.13. The van der Waals surface area contributed by atoms with Crippen molar-refractivity contribution in [3.05, 3.63) is 82.7 Å². The molecule has 3 heterocycles. The number of benzene rings is 1. The van der Waals surface area contributed by atoms with Crippen LogP contribution in [0, 0.1) is 0 Å². The van der Waals surface area contributed by atoms with Crippen LogP contribution in [0.5, 0.6) is 0 Å². The second-order valence-corrected chi connectivity index (χ2v) is 7.85. The summed E-state index contributed by atoms with van der Waals surface area (Å²) in [6.07, 6.45) is 3.35. The zero-order valence-corrected chi connectivity index (χ0v) is 16.7. The van der Waals surface area contributed by atoms with Crippen LogP contribution in [-0.2, 0) is 11.3 Å². The van der Waals surface area contributed by atoms with Gasteiger partial charge in [-0.25, -0.2) is 0 Å². The molecule has 1 fully saturated rings. The third-order valence-corrected chi connectivity index (χ3v) is 5.29. The van der Waals surface area contributed by atoms with Crippen LogP contribution in [-0.4, -0.2) is 21.1 Å². The van der Waals surface area contributed by atoms with E-state index in [4.69, 9.17) is 16.6 Å². The zero-order valence-electron chi connectivity index (χ0n) is 15.0. The maximum absolute atomic E-state index is 12.3. The average Bonchev–Trinajstić information content (AvgIpc) is 3.33. The number of amides is 2. The summed E-state index contributed by atoms with van der Waals surface area (Å²) in [7, 11) is 0. The van der Waals surface area contributed by atoms with Gasteiger partial charge in [0.25, 0.3) is 11.8 Å². The van der Waals surface area contributed by atoms with E-state index in [9.17, 15) is 9.59 Å². The summed E-state index contributed by atoms with van der Waals surface area (Å²) in [4.78, 5) is 28.7. The van der Waals surface area contributed by atoms with Crippen LogP contribution in [0.4, 0.5) is 0 Å². The molecule has 0 unspecified atom stereocenters. The van der Waals surface area contributed by atoms with E-state index in [-0.39, 0.29) is 11.8 Å². The van der Waals surface area contributed by atoms with Crippen molar-refractivity contribution in [1.29, 1.82) is 0 Å². The van der Waals surface area contributed by atoms with Gasteiger partial charge in [0.1, 0.15) is 15.8 Å². The van der Waals surface area contributed by atoms with E-state index in [1.165, 1.54) is 11.8 Å². The maximum atomic E-state index is 12.3. The molecule has 0 spiro atoms. The van der Waals surface area contributed by atoms with Crippen LogP contribution in [0.2, 0.25) is 0 Å². The molecule has 2 amide bonds. The summed E-state index contributed by atoms with van der Waals surface area (Å²) in [6, 6.07) is 16.3. The van der Waals surface area contributed by atoms with Gasteiger partial charge in [-0.1, -0.05) is 42.2 Å². The topological polar surface area (TPSA) is 84.2 Å². The van der Waals surface area contributed by atoms with Gasteiger partial charge in [0.2, 0.25) is 0 Å². The number of furan rings is 1. The van der Waals surface area contributed by atoms with Crippen molar-refractivity contribution in [1.82, 2.24) is 15.6 Å². The number of thiocarbonyl (C=S) groups is 1. The zero-order chi connectivity index (χ0) is 20.2. The van der Waals surface area contributed by atoms with Crippen molar-refractivity contribution in [2.45, 2.75) is 6.54 Å². The molecule has 1 aliphatic heterocycles. The molecule has 29 heavy (non-hydrogen) atoms. The summed E-state index contributed by atoms with van der Waals surface area (Å²) < 4.78 is 6.23. The largest absolute Gasteiger partial charge is 0.457 e. The predicted octanol–water partition coefficient (Wildman–Crippen LogP) is 3.76. The summed E-state index contributed by atoms with van der Waals surface area (Å²) in [5.41, 5.74) is 2.17. The first kappa shape index (κ1) is 19.1. The molecule has 4 rings (SSSR count). The standard InChI is InChI=1S/C21H15N3O3S2/c25-19(23-12-15-3-1-2-10-22-15)14-6-4-13(5-7-14)17-9-8-16(27-17)11-18-20(26)24-21(28)29-18/h1-11H,12H2,(H,23,25)(H,24,26,28)/b18-11-. The molecule has 0 aliphatic carbocycles. The Morgan fingerprint density at radius 2 is 2.00 bits per heavy atom. The normalized spacial score (nSPS) is 14.8. The summed E-state index contributed by atoms with van der Waals surface area (Å²) in [5, 5.41) is 5.41. The van der Waals surface area contributed by atoms with E-state index in [2.05, 4.69) is 15.6 Å². The average molecular weight is 422 g/mol. The maximum Gasteiger partial charge on any atom is 0.263 e. The number of nitrogens with one attached hydrogen (secondary N) is 2. The smallest absolute Gasteiger partial charge is 0.263 e. The highest BCUT2D eigenvalue weighted by molar-refractivity contribution is 8.26. The van der Waals surface area contributed by atoms with Gasteiger partial charge < -0.3 is 15.1 Å². The number of rotatable bonds is 5. The Morgan fingerprint density at radius 1 is 1.17 bits per heavy atom. The number of pyridine rings is 1. The molecule has 1 saturated heterocycles. The summed E-state index contributed by atoms with van der Waals surface area (Å²) in [6.45, 7) is 0.368. The van der Waals surface area contributed by atoms with E-state index in [1.807, 2.05) is 36.4 Å². The highest BCUT2D eigenvalue weighted by Crippen LogP contribution is 2.28. The minimum absolute atomic E-state index is 0.174. The van der Waals surface area contributed by atoms with Crippen molar-refractivity contribution in [2.24, 2.45) is 0 Å². The Labute approximate surface area is 176 Å². The van der Waals surface area contributed by atoms with Crippen molar-refractivity contribution in [2.75, 3.05) is 0 Å². The fourth-order valence-electron chi connectivity index (χ4n) is 2.70. The summed E-state index contributed by atoms with van der Waals surface area (Å²) in [5.74, 6) is 0.800. The van der Waals surface area contributed by atoms with Crippen LogP contribution in [0.25, 0.3) is 17.4 Å². The van der Waals surface area contributed by atoms with Crippen LogP contribution in [0.1, 0.15) is 21.8 Å². The number of hydrogen-bond acceptors (Lipinski definition) is 6. The minimum atomic E-state index is -0.223.